The van der Waals surface area contributed by atoms with E-state index in [1.54, 1.807) is 31.2 Å². The van der Waals surface area contributed by atoms with E-state index in [1.807, 2.05) is 24.3 Å². The van der Waals surface area contributed by atoms with Crippen LogP contribution < -0.4 is 5.32 Å². The minimum absolute atomic E-state index is 0.349. The minimum Gasteiger partial charge on any atom is -0.350 e. The fourth-order valence-electron chi connectivity index (χ4n) is 3.03. The van der Waals surface area contributed by atoms with Crippen molar-refractivity contribution in [2.75, 3.05) is 0 Å². The first-order valence-electron chi connectivity index (χ1n) is 8.73. The Labute approximate surface area is 153 Å². The molecule has 3 rings (SSSR count). The molecule has 0 bridgehead atoms. The number of nitrogens with one attached hydrogen (secondary N) is 1. The third-order valence-corrected chi connectivity index (χ3v) is 4.71. The SMILES string of the molecule is CC(C)c1ccc(CNC(=O)[C@@H](C)N2C(=O)c3ccccc3C2=O)cc1. The molecule has 0 aliphatic carbocycles. The molecule has 0 fully saturated rings. The molecule has 0 aromatic heterocycles. The number of benzene rings is 2. The lowest BCUT2D eigenvalue weighted by Gasteiger charge is -2.21. The van der Waals surface area contributed by atoms with Crippen LogP contribution in [0.1, 0.15) is 58.5 Å². The zero-order valence-electron chi connectivity index (χ0n) is 15.2. The molecule has 1 heterocycles. The van der Waals surface area contributed by atoms with Gasteiger partial charge in [0.2, 0.25) is 5.91 Å². The zero-order valence-corrected chi connectivity index (χ0v) is 15.2. The molecule has 2 aromatic rings. The largest absolute Gasteiger partial charge is 0.350 e. The molecule has 1 atom stereocenters. The van der Waals surface area contributed by atoms with E-state index >= 15 is 0 Å². The second-order valence-corrected chi connectivity index (χ2v) is 6.82. The van der Waals surface area contributed by atoms with Crippen LogP contribution in [-0.2, 0) is 11.3 Å². The van der Waals surface area contributed by atoms with Crippen LogP contribution in [0.2, 0.25) is 0 Å². The molecule has 1 aliphatic rings. The van der Waals surface area contributed by atoms with E-state index in [-0.39, 0.29) is 5.91 Å². The Morgan fingerprint density at radius 3 is 1.96 bits per heavy atom. The predicted octanol–water partition coefficient (Wildman–Crippen LogP) is 3.11. The lowest BCUT2D eigenvalue weighted by atomic mass is 10.0. The van der Waals surface area contributed by atoms with E-state index in [2.05, 4.69) is 19.2 Å². The van der Waals surface area contributed by atoms with Gasteiger partial charge in [-0.3, -0.25) is 19.3 Å². The van der Waals surface area contributed by atoms with Crippen molar-refractivity contribution in [3.63, 3.8) is 0 Å². The maximum absolute atomic E-state index is 12.5. The molecule has 0 unspecified atom stereocenters. The van der Waals surface area contributed by atoms with Gasteiger partial charge in [0, 0.05) is 6.54 Å². The summed E-state index contributed by atoms with van der Waals surface area (Å²) in [6.07, 6.45) is 0. The molecule has 0 spiro atoms. The third-order valence-electron chi connectivity index (χ3n) is 4.71. The molecule has 2 aromatic carbocycles. The molecule has 134 valence electrons. The molecule has 5 nitrogen and oxygen atoms in total. The number of carbonyl (C=O) groups is 3. The van der Waals surface area contributed by atoms with Gasteiger partial charge in [0.25, 0.3) is 11.8 Å². The lowest BCUT2D eigenvalue weighted by Crippen LogP contribution is -2.47. The molecule has 0 saturated heterocycles. The number of hydrogen-bond acceptors (Lipinski definition) is 3. The van der Waals surface area contributed by atoms with Gasteiger partial charge in [0.05, 0.1) is 11.1 Å². The number of nitrogens with zero attached hydrogens (tertiary/aromatic N) is 1. The molecule has 1 aliphatic heterocycles. The molecule has 3 amide bonds. The van der Waals surface area contributed by atoms with Crippen molar-refractivity contribution >= 4 is 17.7 Å². The number of fused-ring (bicyclic) bond motifs is 1. The van der Waals surface area contributed by atoms with Crippen molar-refractivity contribution in [2.45, 2.75) is 39.3 Å². The summed E-state index contributed by atoms with van der Waals surface area (Å²) in [5, 5.41) is 2.81. The Morgan fingerprint density at radius 1 is 0.923 bits per heavy atom. The second kappa shape index (κ2) is 7.12. The Kier molecular flexibility index (Phi) is 4.89. The van der Waals surface area contributed by atoms with Crippen molar-refractivity contribution in [3.8, 4) is 0 Å². The van der Waals surface area contributed by atoms with Gasteiger partial charge in [-0.2, -0.15) is 0 Å². The number of carbonyl (C=O) groups excluding carboxylic acids is 3. The van der Waals surface area contributed by atoms with Crippen molar-refractivity contribution in [3.05, 3.63) is 70.8 Å². The average Bonchev–Trinajstić information content (AvgIpc) is 2.90. The number of imide groups is 1. The molecular weight excluding hydrogens is 328 g/mol. The summed E-state index contributed by atoms with van der Waals surface area (Å²) in [6, 6.07) is 13.8. The summed E-state index contributed by atoms with van der Waals surface area (Å²) in [5.74, 6) is -0.746. The highest BCUT2D eigenvalue weighted by atomic mass is 16.2. The summed E-state index contributed by atoms with van der Waals surface area (Å²) in [7, 11) is 0. The van der Waals surface area contributed by atoms with E-state index in [9.17, 15) is 14.4 Å². The maximum atomic E-state index is 12.5. The number of amides is 3. The van der Waals surface area contributed by atoms with Crippen LogP contribution in [0.3, 0.4) is 0 Å². The van der Waals surface area contributed by atoms with Gasteiger partial charge < -0.3 is 5.32 Å². The first-order valence-corrected chi connectivity index (χ1v) is 8.73. The van der Waals surface area contributed by atoms with Gasteiger partial charge in [-0.1, -0.05) is 50.2 Å². The predicted molar refractivity (Wildman–Crippen MR) is 98.8 cm³/mol. The van der Waals surface area contributed by atoms with Crippen LogP contribution in [0.25, 0.3) is 0 Å². The van der Waals surface area contributed by atoms with Gasteiger partial charge in [-0.15, -0.1) is 0 Å². The van der Waals surface area contributed by atoms with Crippen molar-refractivity contribution in [1.82, 2.24) is 10.2 Å². The number of rotatable bonds is 5. The molecule has 0 radical (unpaired) electrons. The van der Waals surface area contributed by atoms with Crippen molar-refractivity contribution in [2.24, 2.45) is 0 Å². The summed E-state index contributed by atoms with van der Waals surface area (Å²) >= 11 is 0. The first kappa shape index (κ1) is 17.9. The van der Waals surface area contributed by atoms with Crippen LogP contribution in [0, 0.1) is 0 Å². The van der Waals surface area contributed by atoms with Crippen LogP contribution >= 0.6 is 0 Å². The molecule has 1 N–H and O–H groups in total. The van der Waals surface area contributed by atoms with Crippen LogP contribution in [-0.4, -0.2) is 28.7 Å². The van der Waals surface area contributed by atoms with Crippen molar-refractivity contribution in [1.29, 1.82) is 0 Å². The standard InChI is InChI=1S/C21H22N2O3/c1-13(2)16-10-8-15(9-11-16)12-22-19(24)14(3)23-20(25)17-6-4-5-7-18(17)21(23)26/h4-11,13-14H,12H2,1-3H3,(H,22,24)/t14-/m1/s1. The summed E-state index contributed by atoms with van der Waals surface area (Å²) < 4.78 is 0. The fourth-order valence-corrected chi connectivity index (χ4v) is 3.03. The summed E-state index contributed by atoms with van der Waals surface area (Å²) in [6.45, 7) is 6.17. The monoisotopic (exact) mass is 350 g/mol. The van der Waals surface area contributed by atoms with E-state index in [0.29, 0.717) is 23.6 Å². The average molecular weight is 350 g/mol. The van der Waals surface area contributed by atoms with Crippen molar-refractivity contribution < 1.29 is 14.4 Å². The van der Waals surface area contributed by atoms with E-state index in [0.717, 1.165) is 10.5 Å². The van der Waals surface area contributed by atoms with Crippen LogP contribution in [0.4, 0.5) is 0 Å². The molecular formula is C21H22N2O3. The summed E-state index contributed by atoms with van der Waals surface area (Å²) in [4.78, 5) is 38.4. The fraction of sp³-hybridized carbons (Fsp3) is 0.286. The van der Waals surface area contributed by atoms with Crippen LogP contribution in [0.15, 0.2) is 48.5 Å². The third kappa shape index (κ3) is 3.25. The summed E-state index contributed by atoms with van der Waals surface area (Å²) in [5.41, 5.74) is 2.90. The maximum Gasteiger partial charge on any atom is 0.262 e. The molecule has 26 heavy (non-hydrogen) atoms. The molecule has 0 saturated carbocycles. The second-order valence-electron chi connectivity index (χ2n) is 6.82. The van der Waals surface area contributed by atoms with Gasteiger partial charge in [0.1, 0.15) is 6.04 Å². The quantitative estimate of drug-likeness (QED) is 0.843. The smallest absolute Gasteiger partial charge is 0.262 e. The first-order chi connectivity index (χ1) is 12.4. The topological polar surface area (TPSA) is 66.5 Å². The Hall–Kier alpha value is -2.95. The normalized spacial score (nSPS) is 14.5. The van der Waals surface area contributed by atoms with E-state index in [4.69, 9.17) is 0 Å². The minimum atomic E-state index is -0.864. The zero-order chi connectivity index (χ0) is 18.8. The van der Waals surface area contributed by atoms with Gasteiger partial charge in [-0.05, 0) is 36.1 Å². The van der Waals surface area contributed by atoms with Gasteiger partial charge in [0.15, 0.2) is 0 Å². The van der Waals surface area contributed by atoms with Gasteiger partial charge >= 0.3 is 0 Å². The van der Waals surface area contributed by atoms with Gasteiger partial charge in [-0.25, -0.2) is 0 Å². The van der Waals surface area contributed by atoms with Crippen LogP contribution in [0.5, 0.6) is 0 Å². The number of hydrogen-bond donors (Lipinski definition) is 1. The lowest BCUT2D eigenvalue weighted by molar-refractivity contribution is -0.124. The Bertz CT molecular complexity index is 821. The Morgan fingerprint density at radius 2 is 1.46 bits per heavy atom. The highest BCUT2D eigenvalue weighted by Crippen LogP contribution is 2.24. The van der Waals surface area contributed by atoms with E-state index < -0.39 is 17.9 Å². The highest BCUT2D eigenvalue weighted by Gasteiger charge is 2.40. The van der Waals surface area contributed by atoms with E-state index in [1.165, 1.54) is 5.56 Å². The highest BCUT2D eigenvalue weighted by molar-refractivity contribution is 6.22. The molecule has 5 heteroatoms. The Balaban J connectivity index is 1.65.